The number of hydrogen-bond donors (Lipinski definition) is 2. The van der Waals surface area contributed by atoms with Crippen LogP contribution in [0.2, 0.25) is 0 Å². The molecule has 0 aliphatic carbocycles. The van der Waals surface area contributed by atoms with Crippen molar-refractivity contribution in [1.82, 2.24) is 0 Å². The summed E-state index contributed by atoms with van der Waals surface area (Å²) in [5.74, 6) is -0.417. The number of anilines is 2. The number of methoxy groups -OCH3 is 3. The first-order valence-electron chi connectivity index (χ1n) is 8.74. The number of ether oxygens (including phenoxy) is 3. The Morgan fingerprint density at radius 2 is 1.69 bits per heavy atom. The highest BCUT2D eigenvalue weighted by Crippen LogP contribution is 2.40. The Balaban J connectivity index is 1.86. The van der Waals surface area contributed by atoms with E-state index in [1.54, 1.807) is 36.4 Å². The van der Waals surface area contributed by atoms with Crippen molar-refractivity contribution < 1.29 is 28.9 Å². The maximum atomic E-state index is 12.7. The van der Waals surface area contributed by atoms with Crippen molar-refractivity contribution in [3.05, 3.63) is 42.5 Å². The molecule has 2 N–H and O–H groups in total. The third-order valence-corrected chi connectivity index (χ3v) is 4.40. The number of para-hydroxylation sites is 1. The zero-order valence-electron chi connectivity index (χ0n) is 16.2. The third kappa shape index (κ3) is 4.08. The molecule has 152 valence electrons. The lowest BCUT2D eigenvalue weighted by molar-refractivity contribution is -0.138. The van der Waals surface area contributed by atoms with Crippen LogP contribution in [0.15, 0.2) is 47.6 Å². The normalized spacial score (nSPS) is 15.5. The summed E-state index contributed by atoms with van der Waals surface area (Å²) in [6, 6.07) is 11.0. The molecule has 3 rings (SSSR count). The van der Waals surface area contributed by atoms with Gasteiger partial charge in [-0.05, 0) is 12.1 Å². The fourth-order valence-corrected chi connectivity index (χ4v) is 3.02. The number of aliphatic carboxylic acids is 1. The quantitative estimate of drug-likeness (QED) is 0.735. The molecule has 2 aromatic rings. The van der Waals surface area contributed by atoms with Crippen LogP contribution in [0.4, 0.5) is 11.4 Å². The van der Waals surface area contributed by atoms with Crippen molar-refractivity contribution in [2.75, 3.05) is 31.7 Å². The van der Waals surface area contributed by atoms with Crippen LogP contribution >= 0.6 is 0 Å². The maximum absolute atomic E-state index is 12.7. The molecule has 0 spiro atoms. The van der Waals surface area contributed by atoms with Gasteiger partial charge in [-0.2, -0.15) is 5.10 Å². The van der Waals surface area contributed by atoms with Crippen LogP contribution in [0.1, 0.15) is 6.42 Å². The number of carboxylic acids is 1. The molecule has 2 aromatic carbocycles. The SMILES string of the molecule is COc1cc(NC(=O)C2=NN(c3ccccc3)C(C(=O)O)C2)cc(OC)c1OC. The summed E-state index contributed by atoms with van der Waals surface area (Å²) in [4.78, 5) is 24.4. The van der Waals surface area contributed by atoms with Gasteiger partial charge in [0.15, 0.2) is 17.5 Å². The van der Waals surface area contributed by atoms with Gasteiger partial charge in [-0.3, -0.25) is 9.80 Å². The molecule has 9 nitrogen and oxygen atoms in total. The minimum atomic E-state index is -1.06. The molecule has 1 atom stereocenters. The van der Waals surface area contributed by atoms with Gasteiger partial charge in [0.05, 0.1) is 27.0 Å². The highest BCUT2D eigenvalue weighted by Gasteiger charge is 2.36. The van der Waals surface area contributed by atoms with E-state index in [0.717, 1.165) is 0 Å². The van der Waals surface area contributed by atoms with E-state index in [4.69, 9.17) is 14.2 Å². The summed E-state index contributed by atoms with van der Waals surface area (Å²) in [6.45, 7) is 0. The number of benzene rings is 2. The van der Waals surface area contributed by atoms with E-state index in [-0.39, 0.29) is 12.1 Å². The second kappa shape index (κ2) is 8.51. The number of carboxylic acid groups (broad SMARTS) is 1. The minimum absolute atomic E-state index is 0.0273. The van der Waals surface area contributed by atoms with Crippen LogP contribution < -0.4 is 24.5 Å². The average Bonchev–Trinajstić information content (AvgIpc) is 3.19. The predicted molar refractivity (Wildman–Crippen MR) is 107 cm³/mol. The summed E-state index contributed by atoms with van der Waals surface area (Å²) in [5, 5.41) is 17.8. The predicted octanol–water partition coefficient (Wildman–Crippen LogP) is 2.37. The first-order chi connectivity index (χ1) is 14.0. The van der Waals surface area contributed by atoms with Gasteiger partial charge in [0.1, 0.15) is 5.71 Å². The largest absolute Gasteiger partial charge is 0.493 e. The van der Waals surface area contributed by atoms with Crippen molar-refractivity contribution in [1.29, 1.82) is 0 Å². The van der Waals surface area contributed by atoms with Crippen LogP contribution in [0.25, 0.3) is 0 Å². The molecule has 0 saturated heterocycles. The van der Waals surface area contributed by atoms with E-state index in [9.17, 15) is 14.7 Å². The molecular weight excluding hydrogens is 378 g/mol. The van der Waals surface area contributed by atoms with Crippen LogP contribution in [0.3, 0.4) is 0 Å². The lowest BCUT2D eigenvalue weighted by Crippen LogP contribution is -2.34. The summed E-state index contributed by atoms with van der Waals surface area (Å²) in [7, 11) is 4.42. The Hall–Kier alpha value is -3.75. The van der Waals surface area contributed by atoms with Gasteiger partial charge in [0.25, 0.3) is 5.91 Å². The first-order valence-corrected chi connectivity index (χ1v) is 8.74. The van der Waals surface area contributed by atoms with Crippen LogP contribution in [-0.2, 0) is 9.59 Å². The second-order valence-electron chi connectivity index (χ2n) is 6.15. The Morgan fingerprint density at radius 3 is 2.21 bits per heavy atom. The minimum Gasteiger partial charge on any atom is -0.493 e. The van der Waals surface area contributed by atoms with Crippen LogP contribution in [0, 0.1) is 0 Å². The van der Waals surface area contributed by atoms with Crippen molar-refractivity contribution in [2.45, 2.75) is 12.5 Å². The van der Waals surface area contributed by atoms with E-state index in [1.165, 1.54) is 26.3 Å². The molecule has 1 amide bonds. The zero-order valence-corrected chi connectivity index (χ0v) is 16.2. The van der Waals surface area contributed by atoms with E-state index in [1.807, 2.05) is 6.07 Å². The van der Waals surface area contributed by atoms with E-state index in [2.05, 4.69) is 10.4 Å². The number of nitrogens with one attached hydrogen (secondary N) is 1. The number of carbonyl (C=O) groups is 2. The van der Waals surface area contributed by atoms with E-state index < -0.39 is 17.9 Å². The summed E-state index contributed by atoms with van der Waals surface area (Å²) in [6.07, 6.45) is -0.0273. The summed E-state index contributed by atoms with van der Waals surface area (Å²) >= 11 is 0. The van der Waals surface area contributed by atoms with E-state index in [0.29, 0.717) is 28.6 Å². The molecule has 9 heteroatoms. The van der Waals surface area contributed by atoms with Gasteiger partial charge in [-0.25, -0.2) is 4.79 Å². The lowest BCUT2D eigenvalue weighted by atomic mass is 10.1. The highest BCUT2D eigenvalue weighted by molar-refractivity contribution is 6.44. The van der Waals surface area contributed by atoms with Gasteiger partial charge >= 0.3 is 5.97 Å². The number of hydrogen-bond acceptors (Lipinski definition) is 7. The monoisotopic (exact) mass is 399 g/mol. The lowest BCUT2D eigenvalue weighted by Gasteiger charge is -2.19. The maximum Gasteiger partial charge on any atom is 0.328 e. The van der Waals surface area contributed by atoms with Gasteiger partial charge < -0.3 is 24.6 Å². The molecule has 0 saturated carbocycles. The fraction of sp³-hybridized carbons (Fsp3) is 0.250. The fourth-order valence-electron chi connectivity index (χ4n) is 3.02. The Labute approximate surface area is 167 Å². The first kappa shape index (κ1) is 20.0. The van der Waals surface area contributed by atoms with Crippen molar-refractivity contribution >= 4 is 29.0 Å². The molecule has 1 aliphatic heterocycles. The van der Waals surface area contributed by atoms with Gasteiger partial charge in [0, 0.05) is 24.2 Å². The molecule has 0 radical (unpaired) electrons. The Bertz CT molecular complexity index is 919. The van der Waals surface area contributed by atoms with Crippen molar-refractivity contribution in [3.63, 3.8) is 0 Å². The smallest absolute Gasteiger partial charge is 0.328 e. The topological polar surface area (TPSA) is 110 Å². The van der Waals surface area contributed by atoms with Gasteiger partial charge in [-0.15, -0.1) is 0 Å². The number of hydrazone groups is 1. The number of carbonyl (C=O) groups excluding carboxylic acids is 1. The molecule has 0 bridgehead atoms. The third-order valence-electron chi connectivity index (χ3n) is 4.40. The zero-order chi connectivity index (χ0) is 21.0. The van der Waals surface area contributed by atoms with Crippen LogP contribution in [0.5, 0.6) is 17.2 Å². The van der Waals surface area contributed by atoms with Crippen molar-refractivity contribution in [2.24, 2.45) is 5.10 Å². The molecule has 1 heterocycles. The van der Waals surface area contributed by atoms with Gasteiger partial charge in [-0.1, -0.05) is 18.2 Å². The summed E-state index contributed by atoms with van der Waals surface area (Å²) in [5.41, 5.74) is 1.10. The molecule has 29 heavy (non-hydrogen) atoms. The second-order valence-corrected chi connectivity index (χ2v) is 6.15. The highest BCUT2D eigenvalue weighted by atomic mass is 16.5. The van der Waals surface area contributed by atoms with Gasteiger partial charge in [0.2, 0.25) is 5.75 Å². The van der Waals surface area contributed by atoms with E-state index >= 15 is 0 Å². The number of nitrogens with zero attached hydrogens (tertiary/aromatic N) is 2. The van der Waals surface area contributed by atoms with Crippen molar-refractivity contribution in [3.8, 4) is 17.2 Å². The molecule has 0 fully saturated rings. The Morgan fingerprint density at radius 1 is 1.07 bits per heavy atom. The Kier molecular flexibility index (Phi) is 5.87. The average molecular weight is 399 g/mol. The molecule has 1 aliphatic rings. The van der Waals surface area contributed by atoms with Crippen LogP contribution in [-0.4, -0.2) is 50.1 Å². The molecular formula is C20H21N3O6. The standard InChI is InChI=1S/C20H21N3O6/c1-27-16-9-12(10-17(28-2)18(16)29-3)21-19(24)14-11-15(20(25)26)23(22-14)13-7-5-4-6-8-13/h4-10,15H,11H2,1-3H3,(H,21,24)(H,25,26). The number of rotatable bonds is 7. The summed E-state index contributed by atoms with van der Waals surface area (Å²) < 4.78 is 15.8. The molecule has 1 unspecified atom stereocenters. The number of amides is 1. The molecule has 0 aromatic heterocycles.